The van der Waals surface area contributed by atoms with Gasteiger partial charge >= 0.3 is 6.18 Å². The van der Waals surface area contributed by atoms with Crippen LogP contribution in [-0.2, 0) is 12.7 Å². The lowest BCUT2D eigenvalue weighted by Gasteiger charge is -2.20. The topological polar surface area (TPSA) is 27.1 Å². The van der Waals surface area contributed by atoms with Crippen LogP contribution in [0.1, 0.15) is 32.9 Å². The lowest BCUT2D eigenvalue weighted by Crippen LogP contribution is -2.23. The average Bonchev–Trinajstić information content (AvgIpc) is 2.63. The third kappa shape index (κ3) is 2.68. The Hall–Kier alpha value is -1.20. The summed E-state index contributed by atoms with van der Waals surface area (Å²) in [5.74, 6) is 0.205. The summed E-state index contributed by atoms with van der Waals surface area (Å²) in [4.78, 5) is 0. The summed E-state index contributed by atoms with van der Waals surface area (Å²) in [7, 11) is 0. The van der Waals surface area contributed by atoms with Crippen LogP contribution in [0.25, 0.3) is 0 Å². The van der Waals surface area contributed by atoms with E-state index in [9.17, 15) is 13.2 Å². The second-order valence-electron chi connectivity index (χ2n) is 3.31. The fraction of sp³-hybridized carbons (Fsp3) is 0.700. The summed E-state index contributed by atoms with van der Waals surface area (Å²) in [5.41, 5.74) is -0.887. The van der Waals surface area contributed by atoms with Gasteiger partial charge in [0, 0.05) is 19.0 Å². The number of aromatic nitrogens is 2. The van der Waals surface area contributed by atoms with E-state index in [0.717, 1.165) is 6.07 Å². The molecular weight excluding hydrogens is 221 g/mol. The third-order valence-electron chi connectivity index (χ3n) is 2.10. The molecule has 2 rings (SSSR count). The summed E-state index contributed by atoms with van der Waals surface area (Å²) >= 11 is 0. The van der Waals surface area contributed by atoms with Gasteiger partial charge in [0.05, 0.1) is 6.10 Å². The summed E-state index contributed by atoms with van der Waals surface area (Å²) in [6, 6.07) is 0.940. The largest absolute Gasteiger partial charge is 0.475 e. The highest BCUT2D eigenvalue weighted by Crippen LogP contribution is 2.32. The minimum atomic E-state index is -4.39. The Labute approximate surface area is 92.2 Å². The van der Waals surface area contributed by atoms with Crippen LogP contribution in [0.5, 0.6) is 5.88 Å². The molecule has 0 saturated carbocycles. The molecule has 1 unspecified atom stereocenters. The zero-order valence-electron chi connectivity index (χ0n) is 9.51. The molecule has 1 aliphatic rings. The Morgan fingerprint density at radius 2 is 2.06 bits per heavy atom. The van der Waals surface area contributed by atoms with Gasteiger partial charge in [-0.3, -0.25) is 0 Å². The van der Waals surface area contributed by atoms with Crippen LogP contribution < -0.4 is 4.74 Å². The fourth-order valence-corrected chi connectivity index (χ4v) is 1.36. The molecule has 1 aromatic rings. The van der Waals surface area contributed by atoms with Crippen molar-refractivity contribution in [1.29, 1.82) is 0 Å². The molecule has 92 valence electrons. The molecule has 0 bridgehead atoms. The predicted molar refractivity (Wildman–Crippen MR) is 53.3 cm³/mol. The Balaban J connectivity index is 0.000000606. The summed E-state index contributed by atoms with van der Waals surface area (Å²) in [6.07, 6.45) is -3.75. The van der Waals surface area contributed by atoms with E-state index in [0.29, 0.717) is 13.0 Å². The minimum absolute atomic E-state index is 0.0414. The van der Waals surface area contributed by atoms with E-state index in [-0.39, 0.29) is 12.0 Å². The van der Waals surface area contributed by atoms with E-state index in [1.54, 1.807) is 0 Å². The van der Waals surface area contributed by atoms with E-state index in [2.05, 4.69) is 5.10 Å². The van der Waals surface area contributed by atoms with Gasteiger partial charge in [0.25, 0.3) is 0 Å². The number of ether oxygens (including phenoxy) is 1. The van der Waals surface area contributed by atoms with Gasteiger partial charge in [-0.1, -0.05) is 13.8 Å². The molecule has 1 aliphatic heterocycles. The van der Waals surface area contributed by atoms with Crippen molar-refractivity contribution in [2.45, 2.75) is 46.0 Å². The SMILES string of the molecule is CC.CC1CCn2nc(C(F)(F)F)cc2O1. The monoisotopic (exact) mass is 236 g/mol. The molecule has 1 atom stereocenters. The van der Waals surface area contributed by atoms with Crippen LogP contribution in [0.3, 0.4) is 0 Å². The Morgan fingerprint density at radius 3 is 2.62 bits per heavy atom. The highest BCUT2D eigenvalue weighted by molar-refractivity contribution is 5.19. The normalized spacial score (nSPS) is 19.2. The second kappa shape index (κ2) is 4.76. The number of fused-ring (bicyclic) bond motifs is 1. The van der Waals surface area contributed by atoms with E-state index < -0.39 is 11.9 Å². The van der Waals surface area contributed by atoms with Crippen molar-refractivity contribution >= 4 is 0 Å². The van der Waals surface area contributed by atoms with Crippen LogP contribution >= 0.6 is 0 Å². The first-order chi connectivity index (χ1) is 7.47. The lowest BCUT2D eigenvalue weighted by molar-refractivity contribution is -0.141. The van der Waals surface area contributed by atoms with Crippen LogP contribution in [-0.4, -0.2) is 15.9 Å². The molecule has 0 spiro atoms. The first-order valence-corrected chi connectivity index (χ1v) is 5.28. The summed E-state index contributed by atoms with van der Waals surface area (Å²) in [5, 5.41) is 3.42. The van der Waals surface area contributed by atoms with Gasteiger partial charge in [-0.2, -0.15) is 18.3 Å². The van der Waals surface area contributed by atoms with Crippen molar-refractivity contribution in [3.05, 3.63) is 11.8 Å². The number of hydrogen-bond acceptors (Lipinski definition) is 2. The first-order valence-electron chi connectivity index (χ1n) is 5.28. The molecule has 0 aromatic carbocycles. The van der Waals surface area contributed by atoms with Crippen molar-refractivity contribution < 1.29 is 17.9 Å². The number of hydrogen-bond donors (Lipinski definition) is 0. The zero-order valence-corrected chi connectivity index (χ0v) is 9.51. The Bertz CT molecular complexity index is 346. The molecule has 0 amide bonds. The molecule has 2 heterocycles. The molecule has 0 N–H and O–H groups in total. The maximum absolute atomic E-state index is 12.2. The second-order valence-corrected chi connectivity index (χ2v) is 3.31. The molecule has 0 fully saturated rings. The number of nitrogens with zero attached hydrogens (tertiary/aromatic N) is 2. The summed E-state index contributed by atoms with van der Waals surface area (Å²) < 4.78 is 43.2. The van der Waals surface area contributed by atoms with Gasteiger partial charge in [-0.05, 0) is 6.92 Å². The first kappa shape index (κ1) is 12.9. The Morgan fingerprint density at radius 1 is 1.44 bits per heavy atom. The van der Waals surface area contributed by atoms with Crippen LogP contribution in [0.2, 0.25) is 0 Å². The van der Waals surface area contributed by atoms with E-state index in [1.165, 1.54) is 4.68 Å². The van der Waals surface area contributed by atoms with Crippen LogP contribution in [0.4, 0.5) is 13.2 Å². The molecule has 0 aliphatic carbocycles. The van der Waals surface area contributed by atoms with Crippen LogP contribution in [0.15, 0.2) is 6.07 Å². The number of rotatable bonds is 0. The standard InChI is InChI=1S/C8H9F3N2O.C2H6/c1-5-2-3-13-7(14-5)4-6(12-13)8(9,10)11;1-2/h4-5H,2-3H2,1H3;1-2H3. The van der Waals surface area contributed by atoms with Crippen molar-refractivity contribution in [1.82, 2.24) is 9.78 Å². The highest BCUT2D eigenvalue weighted by Gasteiger charge is 2.36. The van der Waals surface area contributed by atoms with Crippen molar-refractivity contribution in [2.24, 2.45) is 0 Å². The maximum atomic E-state index is 12.2. The maximum Gasteiger partial charge on any atom is 0.435 e. The Kier molecular flexibility index (Phi) is 3.83. The fourth-order valence-electron chi connectivity index (χ4n) is 1.36. The average molecular weight is 236 g/mol. The van der Waals surface area contributed by atoms with Crippen molar-refractivity contribution in [3.63, 3.8) is 0 Å². The van der Waals surface area contributed by atoms with E-state index in [4.69, 9.17) is 4.74 Å². The quantitative estimate of drug-likeness (QED) is 0.692. The van der Waals surface area contributed by atoms with Crippen LogP contribution in [0, 0.1) is 0 Å². The van der Waals surface area contributed by atoms with Gasteiger partial charge in [0.15, 0.2) is 5.69 Å². The van der Waals surface area contributed by atoms with Gasteiger partial charge in [-0.15, -0.1) is 0 Å². The minimum Gasteiger partial charge on any atom is -0.475 e. The smallest absolute Gasteiger partial charge is 0.435 e. The predicted octanol–water partition coefficient (Wildman–Crippen LogP) is 3.10. The van der Waals surface area contributed by atoms with Gasteiger partial charge < -0.3 is 4.74 Å². The molecule has 0 radical (unpaired) electrons. The van der Waals surface area contributed by atoms with Gasteiger partial charge in [0.1, 0.15) is 0 Å². The zero-order chi connectivity index (χ0) is 12.3. The van der Waals surface area contributed by atoms with Gasteiger partial charge in [-0.25, -0.2) is 4.68 Å². The third-order valence-corrected chi connectivity index (χ3v) is 2.10. The number of aryl methyl sites for hydroxylation is 1. The highest BCUT2D eigenvalue weighted by atomic mass is 19.4. The number of halogens is 3. The lowest BCUT2D eigenvalue weighted by atomic mass is 10.2. The van der Waals surface area contributed by atoms with Crippen molar-refractivity contribution in [3.8, 4) is 5.88 Å². The molecule has 16 heavy (non-hydrogen) atoms. The molecule has 3 nitrogen and oxygen atoms in total. The van der Waals surface area contributed by atoms with Crippen molar-refractivity contribution in [2.75, 3.05) is 0 Å². The van der Waals surface area contributed by atoms with Gasteiger partial charge in [0.2, 0.25) is 5.88 Å². The molecular formula is C10H15F3N2O. The van der Waals surface area contributed by atoms with E-state index >= 15 is 0 Å². The molecule has 6 heteroatoms. The number of alkyl halides is 3. The molecule has 0 saturated heterocycles. The van der Waals surface area contributed by atoms with E-state index in [1.807, 2.05) is 20.8 Å². The summed E-state index contributed by atoms with van der Waals surface area (Å²) in [6.45, 7) is 6.30. The molecule has 1 aromatic heterocycles.